The highest BCUT2D eigenvalue weighted by Gasteiger charge is 2.24. The highest BCUT2D eigenvalue weighted by Crippen LogP contribution is 2.36. The fourth-order valence-electron chi connectivity index (χ4n) is 2.77. The minimum Gasteiger partial charge on any atom is -0.495 e. The van der Waals surface area contributed by atoms with E-state index in [9.17, 15) is 22.0 Å². The predicted octanol–water partition coefficient (Wildman–Crippen LogP) is 3.70. The Morgan fingerprint density at radius 3 is 2.57 bits per heavy atom. The summed E-state index contributed by atoms with van der Waals surface area (Å²) in [5.74, 6) is -2.15. The number of ether oxygens (including phenoxy) is 1. The maximum atomic E-state index is 13.9. The number of hydrogen-bond donors (Lipinski definition) is 2. The van der Waals surface area contributed by atoms with Gasteiger partial charge in [-0.25, -0.2) is 17.2 Å². The molecule has 3 rings (SSSR count). The van der Waals surface area contributed by atoms with Crippen LogP contribution in [0.3, 0.4) is 0 Å². The van der Waals surface area contributed by atoms with Crippen LogP contribution in [0.4, 0.5) is 20.4 Å². The smallest absolute Gasteiger partial charge is 0.265 e. The third-order valence-corrected chi connectivity index (χ3v) is 5.45. The zero-order valence-corrected chi connectivity index (χ0v) is 16.9. The van der Waals surface area contributed by atoms with Crippen molar-refractivity contribution >= 4 is 27.5 Å². The monoisotopic (exact) mass is 437 g/mol. The molecule has 0 saturated heterocycles. The lowest BCUT2D eigenvalue weighted by Crippen LogP contribution is -2.15. The van der Waals surface area contributed by atoms with Crippen LogP contribution in [0, 0.1) is 18.6 Å². The first-order valence-electron chi connectivity index (χ1n) is 8.52. The number of hydrogen-bond acceptors (Lipinski definition) is 6. The second-order valence-electron chi connectivity index (χ2n) is 6.25. The number of aromatic nitrogens is 1. The molecule has 3 aromatic rings. The molecule has 158 valence electrons. The summed E-state index contributed by atoms with van der Waals surface area (Å²) in [7, 11) is -3.11. The molecule has 1 heterocycles. The first-order chi connectivity index (χ1) is 14.1. The Balaban J connectivity index is 2.11. The van der Waals surface area contributed by atoms with Gasteiger partial charge in [0, 0.05) is 13.0 Å². The topological polar surface area (TPSA) is 111 Å². The van der Waals surface area contributed by atoms with Gasteiger partial charge in [-0.05, 0) is 36.8 Å². The van der Waals surface area contributed by atoms with E-state index in [0.29, 0.717) is 16.8 Å². The van der Waals surface area contributed by atoms with E-state index >= 15 is 0 Å². The lowest BCUT2D eigenvalue weighted by Gasteiger charge is -2.14. The number of nitrogens with zero attached hydrogens (tertiary/aromatic N) is 1. The summed E-state index contributed by atoms with van der Waals surface area (Å²) in [6.45, 7) is 2.89. The van der Waals surface area contributed by atoms with Crippen molar-refractivity contribution < 1.29 is 31.3 Å². The van der Waals surface area contributed by atoms with E-state index in [1.54, 1.807) is 13.0 Å². The van der Waals surface area contributed by atoms with Gasteiger partial charge in [-0.3, -0.25) is 14.8 Å². The summed E-state index contributed by atoms with van der Waals surface area (Å²) in [6.07, 6.45) is 0. The van der Waals surface area contributed by atoms with Gasteiger partial charge < -0.3 is 9.26 Å². The van der Waals surface area contributed by atoms with Gasteiger partial charge in [0.05, 0.1) is 24.1 Å². The van der Waals surface area contributed by atoms with E-state index in [2.05, 4.69) is 10.5 Å². The minimum atomic E-state index is -4.38. The Labute approximate surface area is 170 Å². The third-order valence-electron chi connectivity index (χ3n) is 4.07. The van der Waals surface area contributed by atoms with Crippen molar-refractivity contribution in [2.24, 2.45) is 0 Å². The quantitative estimate of drug-likeness (QED) is 0.609. The number of anilines is 2. The van der Waals surface area contributed by atoms with Crippen molar-refractivity contribution in [2.75, 3.05) is 17.1 Å². The van der Waals surface area contributed by atoms with Crippen LogP contribution in [0.5, 0.6) is 5.75 Å². The first kappa shape index (κ1) is 21.2. The zero-order valence-electron chi connectivity index (χ0n) is 16.1. The lowest BCUT2D eigenvalue weighted by molar-refractivity contribution is -0.114. The molecular weight excluding hydrogens is 420 g/mol. The number of methoxy groups -OCH3 is 1. The molecule has 0 unspecified atom stereocenters. The van der Waals surface area contributed by atoms with E-state index in [4.69, 9.17) is 9.26 Å². The maximum Gasteiger partial charge on any atom is 0.265 e. The SMILES string of the molecule is COc1ccc(-c2c(C)noc2NC(C)=O)cc1S(=O)(=O)Nc1cc(F)ccc1F. The Hall–Kier alpha value is -3.47. The molecule has 0 aliphatic rings. The van der Waals surface area contributed by atoms with Crippen LogP contribution >= 0.6 is 0 Å². The normalized spacial score (nSPS) is 11.2. The average Bonchev–Trinajstić information content (AvgIpc) is 3.03. The van der Waals surface area contributed by atoms with Gasteiger partial charge in [-0.15, -0.1) is 0 Å². The fourth-order valence-corrected chi connectivity index (χ4v) is 4.03. The van der Waals surface area contributed by atoms with Gasteiger partial charge in [0.15, 0.2) is 0 Å². The number of nitrogens with one attached hydrogen (secondary N) is 2. The van der Waals surface area contributed by atoms with E-state index in [1.807, 2.05) is 4.72 Å². The Morgan fingerprint density at radius 1 is 1.17 bits per heavy atom. The second-order valence-corrected chi connectivity index (χ2v) is 7.90. The van der Waals surface area contributed by atoms with E-state index in [0.717, 1.165) is 18.2 Å². The molecule has 0 fully saturated rings. The summed E-state index contributed by atoms with van der Waals surface area (Å²) in [4.78, 5) is 11.1. The molecule has 30 heavy (non-hydrogen) atoms. The molecule has 0 bridgehead atoms. The molecule has 2 aromatic carbocycles. The van der Waals surface area contributed by atoms with Crippen LogP contribution in [-0.4, -0.2) is 26.6 Å². The summed E-state index contributed by atoms with van der Waals surface area (Å²) >= 11 is 0. The number of aryl methyl sites for hydroxylation is 1. The highest BCUT2D eigenvalue weighted by atomic mass is 32.2. The highest BCUT2D eigenvalue weighted by molar-refractivity contribution is 7.92. The molecule has 0 aliphatic heterocycles. The molecule has 1 aromatic heterocycles. The predicted molar refractivity (Wildman–Crippen MR) is 105 cm³/mol. The van der Waals surface area contributed by atoms with E-state index in [-0.39, 0.29) is 16.5 Å². The first-order valence-corrected chi connectivity index (χ1v) is 10.0. The number of carbonyl (C=O) groups excluding carboxylic acids is 1. The molecule has 0 aliphatic carbocycles. The molecule has 8 nitrogen and oxygen atoms in total. The summed E-state index contributed by atoms with van der Waals surface area (Å²) < 4.78 is 65.5. The van der Waals surface area contributed by atoms with E-state index < -0.39 is 33.3 Å². The maximum absolute atomic E-state index is 13.9. The van der Waals surface area contributed by atoms with Crippen LogP contribution in [0.25, 0.3) is 11.1 Å². The number of rotatable bonds is 6. The molecule has 0 spiro atoms. The standard InChI is InChI=1S/C19H17F2N3O5S/c1-10-18(19(29-23-10)22-11(2)25)12-4-7-16(28-3)17(8-12)30(26,27)24-15-9-13(20)5-6-14(15)21/h4-9,24H,1-3H3,(H,22,25). The van der Waals surface area contributed by atoms with Crippen molar-refractivity contribution in [3.8, 4) is 16.9 Å². The zero-order chi connectivity index (χ0) is 22.1. The van der Waals surface area contributed by atoms with Crippen LogP contribution in [0.2, 0.25) is 0 Å². The summed E-state index contributed by atoms with van der Waals surface area (Å²) in [5, 5.41) is 6.27. The largest absolute Gasteiger partial charge is 0.495 e. The Kier molecular flexibility index (Phi) is 5.74. The number of amides is 1. The lowest BCUT2D eigenvalue weighted by atomic mass is 10.1. The Bertz CT molecular complexity index is 1220. The van der Waals surface area contributed by atoms with Crippen molar-refractivity contribution in [2.45, 2.75) is 18.7 Å². The second kappa shape index (κ2) is 8.11. The van der Waals surface area contributed by atoms with Gasteiger partial charge >= 0.3 is 0 Å². The molecule has 0 saturated carbocycles. The summed E-state index contributed by atoms with van der Waals surface area (Å²) in [5.41, 5.74) is 0.554. The number of carbonyl (C=O) groups is 1. The molecule has 2 N–H and O–H groups in total. The van der Waals surface area contributed by atoms with Crippen LogP contribution in [0.15, 0.2) is 45.8 Å². The molecule has 11 heteroatoms. The van der Waals surface area contributed by atoms with Crippen molar-refractivity contribution in [1.82, 2.24) is 5.16 Å². The number of sulfonamides is 1. The van der Waals surface area contributed by atoms with Crippen LogP contribution in [-0.2, 0) is 14.8 Å². The van der Waals surface area contributed by atoms with Crippen LogP contribution < -0.4 is 14.8 Å². The molecular formula is C19H17F2N3O5S. The fraction of sp³-hybridized carbons (Fsp3) is 0.158. The number of halogens is 2. The van der Waals surface area contributed by atoms with Gasteiger partial charge in [0.2, 0.25) is 11.8 Å². The number of benzene rings is 2. The third kappa shape index (κ3) is 4.25. The average molecular weight is 437 g/mol. The van der Waals surface area contributed by atoms with Crippen molar-refractivity contribution in [3.05, 3.63) is 53.7 Å². The summed E-state index contributed by atoms with van der Waals surface area (Å²) in [6, 6.07) is 6.58. The molecule has 0 atom stereocenters. The van der Waals surface area contributed by atoms with Crippen molar-refractivity contribution in [1.29, 1.82) is 0 Å². The van der Waals surface area contributed by atoms with Gasteiger partial charge in [-0.1, -0.05) is 11.2 Å². The molecule has 1 amide bonds. The molecule has 0 radical (unpaired) electrons. The van der Waals surface area contributed by atoms with Crippen LogP contribution in [0.1, 0.15) is 12.6 Å². The van der Waals surface area contributed by atoms with Gasteiger partial charge in [0.1, 0.15) is 22.3 Å². The van der Waals surface area contributed by atoms with Gasteiger partial charge in [-0.2, -0.15) is 0 Å². The Morgan fingerprint density at radius 2 is 1.90 bits per heavy atom. The van der Waals surface area contributed by atoms with E-state index in [1.165, 1.54) is 26.2 Å². The van der Waals surface area contributed by atoms with Crippen molar-refractivity contribution in [3.63, 3.8) is 0 Å². The minimum absolute atomic E-state index is 0.0294. The van der Waals surface area contributed by atoms with Gasteiger partial charge in [0.25, 0.3) is 10.0 Å².